The van der Waals surface area contributed by atoms with Gasteiger partial charge in [0.15, 0.2) is 0 Å². The van der Waals surface area contributed by atoms with Gasteiger partial charge >= 0.3 is 0 Å². The van der Waals surface area contributed by atoms with Crippen LogP contribution in [-0.4, -0.2) is 29.9 Å². The maximum absolute atomic E-state index is 12.0. The van der Waals surface area contributed by atoms with E-state index in [0.29, 0.717) is 23.7 Å². The standard InChI is InChI=1S/C16H23N3O/c1-4-10-19(13(2)3)11-9-16(20)18-15-8-6-5-7-14(15)12-17/h5-8,13H,4,9-11H2,1-3H3,(H,18,20). The Kier molecular flexibility index (Phi) is 6.75. The van der Waals surface area contributed by atoms with Crippen molar-refractivity contribution in [1.29, 1.82) is 5.26 Å². The zero-order valence-electron chi connectivity index (χ0n) is 12.5. The first-order valence-corrected chi connectivity index (χ1v) is 7.11. The number of nitrogens with one attached hydrogen (secondary N) is 1. The Labute approximate surface area is 121 Å². The monoisotopic (exact) mass is 273 g/mol. The Balaban J connectivity index is 2.53. The average molecular weight is 273 g/mol. The first-order valence-electron chi connectivity index (χ1n) is 7.11. The predicted octanol–water partition coefficient (Wildman–Crippen LogP) is 3.01. The highest BCUT2D eigenvalue weighted by molar-refractivity contribution is 5.92. The van der Waals surface area contributed by atoms with E-state index in [2.05, 4.69) is 37.1 Å². The zero-order valence-corrected chi connectivity index (χ0v) is 12.5. The number of benzene rings is 1. The van der Waals surface area contributed by atoms with Crippen LogP contribution in [0.5, 0.6) is 0 Å². The molecule has 0 fully saturated rings. The maximum atomic E-state index is 12.0. The van der Waals surface area contributed by atoms with E-state index in [1.807, 2.05) is 6.07 Å². The third-order valence-electron chi connectivity index (χ3n) is 3.19. The normalized spacial score (nSPS) is 10.6. The summed E-state index contributed by atoms with van der Waals surface area (Å²) in [5.74, 6) is -0.0468. The van der Waals surface area contributed by atoms with E-state index in [-0.39, 0.29) is 5.91 Å². The minimum Gasteiger partial charge on any atom is -0.325 e. The highest BCUT2D eigenvalue weighted by atomic mass is 16.1. The van der Waals surface area contributed by atoms with Gasteiger partial charge in [0.1, 0.15) is 6.07 Å². The fraction of sp³-hybridized carbons (Fsp3) is 0.500. The number of nitrogens with zero attached hydrogens (tertiary/aromatic N) is 2. The molecular weight excluding hydrogens is 250 g/mol. The second kappa shape index (κ2) is 8.34. The number of nitriles is 1. The van der Waals surface area contributed by atoms with E-state index < -0.39 is 0 Å². The van der Waals surface area contributed by atoms with E-state index in [9.17, 15) is 4.79 Å². The smallest absolute Gasteiger partial charge is 0.225 e. The van der Waals surface area contributed by atoms with E-state index >= 15 is 0 Å². The third kappa shape index (κ3) is 5.02. The van der Waals surface area contributed by atoms with Crippen LogP contribution in [0, 0.1) is 11.3 Å². The van der Waals surface area contributed by atoms with Gasteiger partial charge < -0.3 is 10.2 Å². The molecule has 0 aliphatic carbocycles. The quantitative estimate of drug-likeness (QED) is 0.831. The largest absolute Gasteiger partial charge is 0.325 e. The topological polar surface area (TPSA) is 56.1 Å². The molecule has 0 saturated carbocycles. The summed E-state index contributed by atoms with van der Waals surface area (Å²) in [5, 5.41) is 11.8. The van der Waals surface area contributed by atoms with Crippen LogP contribution in [0.2, 0.25) is 0 Å². The van der Waals surface area contributed by atoms with Gasteiger partial charge in [-0.25, -0.2) is 0 Å². The summed E-state index contributed by atoms with van der Waals surface area (Å²) in [5.41, 5.74) is 1.08. The Bertz CT molecular complexity index is 477. The van der Waals surface area contributed by atoms with Crippen LogP contribution < -0.4 is 5.32 Å². The van der Waals surface area contributed by atoms with Gasteiger partial charge in [-0.1, -0.05) is 19.1 Å². The summed E-state index contributed by atoms with van der Waals surface area (Å²) in [6.07, 6.45) is 1.52. The lowest BCUT2D eigenvalue weighted by molar-refractivity contribution is -0.116. The number of para-hydroxylation sites is 1. The number of rotatable bonds is 7. The molecule has 20 heavy (non-hydrogen) atoms. The number of hydrogen-bond acceptors (Lipinski definition) is 3. The minimum atomic E-state index is -0.0468. The molecule has 0 heterocycles. The van der Waals surface area contributed by atoms with Crippen LogP contribution in [0.1, 0.15) is 39.2 Å². The Hall–Kier alpha value is -1.86. The summed E-state index contributed by atoms with van der Waals surface area (Å²) < 4.78 is 0. The maximum Gasteiger partial charge on any atom is 0.225 e. The van der Waals surface area contributed by atoms with Crippen molar-refractivity contribution in [3.05, 3.63) is 29.8 Å². The Morgan fingerprint density at radius 1 is 1.35 bits per heavy atom. The van der Waals surface area contributed by atoms with E-state index in [1.165, 1.54) is 0 Å². The van der Waals surface area contributed by atoms with Crippen LogP contribution in [0.3, 0.4) is 0 Å². The Morgan fingerprint density at radius 3 is 2.65 bits per heavy atom. The molecular formula is C16H23N3O. The molecule has 1 aromatic carbocycles. The van der Waals surface area contributed by atoms with Crippen molar-refractivity contribution in [2.45, 2.75) is 39.7 Å². The lowest BCUT2D eigenvalue weighted by atomic mass is 10.2. The molecule has 0 atom stereocenters. The molecule has 4 heteroatoms. The predicted molar refractivity (Wildman–Crippen MR) is 81.4 cm³/mol. The fourth-order valence-corrected chi connectivity index (χ4v) is 2.06. The van der Waals surface area contributed by atoms with Crippen molar-refractivity contribution in [2.75, 3.05) is 18.4 Å². The number of anilines is 1. The van der Waals surface area contributed by atoms with Gasteiger partial charge in [-0.3, -0.25) is 4.79 Å². The SMILES string of the molecule is CCCN(CCC(=O)Nc1ccccc1C#N)C(C)C. The summed E-state index contributed by atoms with van der Waals surface area (Å²) in [4.78, 5) is 14.3. The molecule has 1 N–H and O–H groups in total. The van der Waals surface area contributed by atoms with Gasteiger partial charge in [0.05, 0.1) is 11.3 Å². The van der Waals surface area contributed by atoms with E-state index in [4.69, 9.17) is 5.26 Å². The molecule has 0 saturated heterocycles. The number of carbonyl (C=O) groups excluding carboxylic acids is 1. The van der Waals surface area contributed by atoms with Gasteiger partial charge in [0, 0.05) is 19.0 Å². The van der Waals surface area contributed by atoms with Crippen molar-refractivity contribution in [3.8, 4) is 6.07 Å². The van der Waals surface area contributed by atoms with Gasteiger partial charge in [-0.05, 0) is 38.9 Å². The molecule has 0 bridgehead atoms. The summed E-state index contributed by atoms with van der Waals surface area (Å²) in [6, 6.07) is 9.57. The summed E-state index contributed by atoms with van der Waals surface area (Å²) in [6.45, 7) is 8.15. The lowest BCUT2D eigenvalue weighted by Crippen LogP contribution is -2.34. The molecule has 0 aliphatic heterocycles. The fourth-order valence-electron chi connectivity index (χ4n) is 2.06. The number of amides is 1. The lowest BCUT2D eigenvalue weighted by Gasteiger charge is -2.25. The molecule has 0 aliphatic rings. The van der Waals surface area contributed by atoms with Crippen LogP contribution in [0.4, 0.5) is 5.69 Å². The summed E-state index contributed by atoms with van der Waals surface area (Å²) in [7, 11) is 0. The first kappa shape index (κ1) is 16.2. The van der Waals surface area contributed by atoms with Gasteiger partial charge in [0.25, 0.3) is 0 Å². The molecule has 1 aromatic rings. The highest BCUT2D eigenvalue weighted by Crippen LogP contribution is 2.13. The van der Waals surface area contributed by atoms with Gasteiger partial charge in [0.2, 0.25) is 5.91 Å². The van der Waals surface area contributed by atoms with Gasteiger partial charge in [-0.15, -0.1) is 0 Å². The van der Waals surface area contributed by atoms with Crippen molar-refractivity contribution in [2.24, 2.45) is 0 Å². The molecule has 0 unspecified atom stereocenters. The van der Waals surface area contributed by atoms with Gasteiger partial charge in [-0.2, -0.15) is 5.26 Å². The second-order valence-electron chi connectivity index (χ2n) is 5.09. The zero-order chi connectivity index (χ0) is 15.0. The molecule has 0 radical (unpaired) electrons. The first-order chi connectivity index (χ1) is 9.58. The molecule has 1 amide bonds. The summed E-state index contributed by atoms with van der Waals surface area (Å²) >= 11 is 0. The molecule has 0 aromatic heterocycles. The molecule has 0 spiro atoms. The molecule has 4 nitrogen and oxygen atoms in total. The van der Waals surface area contributed by atoms with E-state index in [0.717, 1.165) is 19.5 Å². The van der Waals surface area contributed by atoms with Crippen molar-refractivity contribution < 1.29 is 4.79 Å². The van der Waals surface area contributed by atoms with Crippen molar-refractivity contribution in [1.82, 2.24) is 4.90 Å². The van der Waals surface area contributed by atoms with Crippen LogP contribution >= 0.6 is 0 Å². The Morgan fingerprint density at radius 2 is 2.05 bits per heavy atom. The number of carbonyl (C=O) groups is 1. The van der Waals surface area contributed by atoms with Crippen molar-refractivity contribution in [3.63, 3.8) is 0 Å². The minimum absolute atomic E-state index is 0.0468. The van der Waals surface area contributed by atoms with Crippen LogP contribution in [-0.2, 0) is 4.79 Å². The van der Waals surface area contributed by atoms with E-state index in [1.54, 1.807) is 18.2 Å². The molecule has 108 valence electrons. The van der Waals surface area contributed by atoms with Crippen molar-refractivity contribution >= 4 is 11.6 Å². The van der Waals surface area contributed by atoms with Crippen LogP contribution in [0.25, 0.3) is 0 Å². The number of hydrogen-bond donors (Lipinski definition) is 1. The highest BCUT2D eigenvalue weighted by Gasteiger charge is 2.11. The second-order valence-corrected chi connectivity index (χ2v) is 5.09. The average Bonchev–Trinajstić information content (AvgIpc) is 2.43. The third-order valence-corrected chi connectivity index (χ3v) is 3.19. The van der Waals surface area contributed by atoms with Crippen LogP contribution in [0.15, 0.2) is 24.3 Å². The molecule has 1 rings (SSSR count).